The van der Waals surface area contributed by atoms with E-state index in [9.17, 15) is 9.59 Å². The largest absolute Gasteiger partial charge is 0.321 e. The zero-order valence-electron chi connectivity index (χ0n) is 9.49. The fraction of sp³-hybridized carbons (Fsp3) is 0.667. The van der Waals surface area contributed by atoms with Gasteiger partial charge in [-0.3, -0.25) is 25.3 Å². The standard InChI is InChI=1S/C9H17N5O2/c1-3-6-8(16)12-7(15)5-14(6)9(13-10)11-4-2/h6H,3-5,10H2,1-2H3,(H,11,13)(H,12,15,16). The van der Waals surface area contributed by atoms with Gasteiger partial charge in [0.05, 0.1) is 0 Å². The van der Waals surface area contributed by atoms with Crippen LogP contribution in [-0.2, 0) is 9.59 Å². The van der Waals surface area contributed by atoms with E-state index in [2.05, 4.69) is 15.7 Å². The molecule has 0 aromatic rings. The molecular weight excluding hydrogens is 210 g/mol. The highest BCUT2D eigenvalue weighted by molar-refractivity contribution is 6.04. The monoisotopic (exact) mass is 227 g/mol. The molecule has 1 aliphatic heterocycles. The van der Waals surface area contributed by atoms with E-state index < -0.39 is 6.04 Å². The van der Waals surface area contributed by atoms with Crippen molar-refractivity contribution in [3.8, 4) is 0 Å². The molecule has 0 aromatic carbocycles. The Morgan fingerprint density at radius 1 is 1.62 bits per heavy atom. The lowest BCUT2D eigenvalue weighted by molar-refractivity contribution is -0.137. The van der Waals surface area contributed by atoms with E-state index in [0.29, 0.717) is 18.9 Å². The number of hydrazine groups is 1. The summed E-state index contributed by atoms with van der Waals surface area (Å²) in [5, 5.41) is 2.29. The van der Waals surface area contributed by atoms with Crippen LogP contribution in [0, 0.1) is 0 Å². The third kappa shape index (κ3) is 2.48. The number of nitrogens with one attached hydrogen (secondary N) is 2. The molecule has 0 spiro atoms. The summed E-state index contributed by atoms with van der Waals surface area (Å²) < 4.78 is 0. The fourth-order valence-electron chi connectivity index (χ4n) is 1.66. The van der Waals surface area contributed by atoms with Crippen LogP contribution in [0.25, 0.3) is 0 Å². The maximum Gasteiger partial charge on any atom is 0.249 e. The van der Waals surface area contributed by atoms with Gasteiger partial charge in [-0.15, -0.1) is 0 Å². The van der Waals surface area contributed by atoms with E-state index in [1.54, 1.807) is 4.90 Å². The van der Waals surface area contributed by atoms with Gasteiger partial charge in [-0.05, 0) is 13.3 Å². The molecular formula is C9H17N5O2. The topological polar surface area (TPSA) is 99.8 Å². The van der Waals surface area contributed by atoms with Crippen molar-refractivity contribution in [2.45, 2.75) is 26.3 Å². The molecule has 7 nitrogen and oxygen atoms in total. The first-order chi connectivity index (χ1) is 7.63. The molecule has 1 heterocycles. The molecule has 0 bridgehead atoms. The highest BCUT2D eigenvalue weighted by Gasteiger charge is 2.34. The summed E-state index contributed by atoms with van der Waals surface area (Å²) in [6.45, 7) is 4.34. The predicted octanol–water partition coefficient (Wildman–Crippen LogP) is -1.44. The maximum atomic E-state index is 11.6. The van der Waals surface area contributed by atoms with Crippen molar-refractivity contribution in [2.75, 3.05) is 13.1 Å². The normalized spacial score (nSPS) is 22.1. The maximum absolute atomic E-state index is 11.6. The quantitative estimate of drug-likeness (QED) is 0.176. The Morgan fingerprint density at radius 3 is 2.81 bits per heavy atom. The van der Waals surface area contributed by atoms with Gasteiger partial charge in [0, 0.05) is 6.54 Å². The minimum Gasteiger partial charge on any atom is -0.321 e. The van der Waals surface area contributed by atoms with Crippen molar-refractivity contribution in [2.24, 2.45) is 10.8 Å². The molecule has 1 atom stereocenters. The smallest absolute Gasteiger partial charge is 0.249 e. The van der Waals surface area contributed by atoms with Gasteiger partial charge in [0.25, 0.3) is 0 Å². The number of nitrogens with zero attached hydrogens (tertiary/aromatic N) is 2. The third-order valence-corrected chi connectivity index (χ3v) is 2.35. The van der Waals surface area contributed by atoms with Gasteiger partial charge in [0.15, 0.2) is 0 Å². The van der Waals surface area contributed by atoms with Crippen LogP contribution in [0.15, 0.2) is 4.99 Å². The Kier molecular flexibility index (Phi) is 4.24. The second kappa shape index (κ2) is 5.45. The number of piperazine rings is 1. The fourth-order valence-corrected chi connectivity index (χ4v) is 1.66. The lowest BCUT2D eigenvalue weighted by atomic mass is 10.1. The number of guanidine groups is 1. The summed E-state index contributed by atoms with van der Waals surface area (Å²) in [6.07, 6.45) is 0.587. The van der Waals surface area contributed by atoms with Crippen molar-refractivity contribution in [1.29, 1.82) is 0 Å². The van der Waals surface area contributed by atoms with Crippen LogP contribution < -0.4 is 16.6 Å². The first kappa shape index (κ1) is 12.4. The number of amides is 2. The molecule has 90 valence electrons. The zero-order chi connectivity index (χ0) is 12.1. The van der Waals surface area contributed by atoms with Gasteiger partial charge in [-0.1, -0.05) is 6.92 Å². The van der Waals surface area contributed by atoms with Gasteiger partial charge < -0.3 is 4.90 Å². The van der Waals surface area contributed by atoms with E-state index in [1.165, 1.54) is 0 Å². The first-order valence-corrected chi connectivity index (χ1v) is 5.25. The number of carbonyl (C=O) groups excluding carboxylic acids is 2. The van der Waals surface area contributed by atoms with Crippen molar-refractivity contribution < 1.29 is 9.59 Å². The van der Waals surface area contributed by atoms with E-state index >= 15 is 0 Å². The molecule has 0 radical (unpaired) electrons. The summed E-state index contributed by atoms with van der Waals surface area (Å²) >= 11 is 0. The van der Waals surface area contributed by atoms with Crippen molar-refractivity contribution in [3.63, 3.8) is 0 Å². The highest BCUT2D eigenvalue weighted by Crippen LogP contribution is 2.09. The summed E-state index contributed by atoms with van der Waals surface area (Å²) in [5.74, 6) is 5.06. The Morgan fingerprint density at radius 2 is 2.31 bits per heavy atom. The molecule has 2 amide bonds. The van der Waals surface area contributed by atoms with Crippen LogP contribution in [0.2, 0.25) is 0 Å². The van der Waals surface area contributed by atoms with Gasteiger partial charge in [-0.25, -0.2) is 5.84 Å². The second-order valence-electron chi connectivity index (χ2n) is 3.41. The summed E-state index contributed by atoms with van der Waals surface area (Å²) in [7, 11) is 0. The molecule has 0 saturated carbocycles. The van der Waals surface area contributed by atoms with Gasteiger partial charge in [0.1, 0.15) is 12.6 Å². The number of rotatable bonds is 2. The van der Waals surface area contributed by atoms with E-state index in [4.69, 9.17) is 5.84 Å². The number of hydrogen-bond acceptors (Lipinski definition) is 4. The number of aliphatic imine (C=N–C) groups is 1. The molecule has 0 aromatic heterocycles. The van der Waals surface area contributed by atoms with E-state index in [0.717, 1.165) is 0 Å². The average Bonchev–Trinajstić information content (AvgIpc) is 2.25. The molecule has 1 unspecified atom stereocenters. The van der Waals surface area contributed by atoms with Crippen LogP contribution in [0.4, 0.5) is 0 Å². The van der Waals surface area contributed by atoms with Crippen molar-refractivity contribution >= 4 is 17.8 Å². The van der Waals surface area contributed by atoms with E-state index in [1.807, 2.05) is 13.8 Å². The van der Waals surface area contributed by atoms with Gasteiger partial charge in [0.2, 0.25) is 17.8 Å². The molecule has 7 heteroatoms. The minimum absolute atomic E-state index is 0.0906. The van der Waals surface area contributed by atoms with Gasteiger partial charge in [-0.2, -0.15) is 0 Å². The van der Waals surface area contributed by atoms with Crippen molar-refractivity contribution in [3.05, 3.63) is 0 Å². The summed E-state index contributed by atoms with van der Waals surface area (Å²) in [5.41, 5.74) is 2.42. The zero-order valence-corrected chi connectivity index (χ0v) is 9.49. The lowest BCUT2D eigenvalue weighted by Gasteiger charge is -2.35. The Bertz CT molecular complexity index is 315. The molecule has 1 fully saturated rings. The third-order valence-electron chi connectivity index (χ3n) is 2.35. The summed E-state index contributed by atoms with van der Waals surface area (Å²) in [6, 6.07) is -0.404. The van der Waals surface area contributed by atoms with Crippen LogP contribution in [0.3, 0.4) is 0 Å². The second-order valence-corrected chi connectivity index (χ2v) is 3.41. The number of imide groups is 1. The molecule has 1 saturated heterocycles. The molecule has 1 aliphatic rings. The SMILES string of the molecule is CCN=C(NN)N1CC(=O)NC(=O)C1CC. The number of carbonyl (C=O) groups is 2. The Balaban J connectivity index is 2.92. The van der Waals surface area contributed by atoms with Crippen molar-refractivity contribution in [1.82, 2.24) is 15.6 Å². The van der Waals surface area contributed by atoms with Gasteiger partial charge >= 0.3 is 0 Å². The molecule has 16 heavy (non-hydrogen) atoms. The van der Waals surface area contributed by atoms with Crippen LogP contribution >= 0.6 is 0 Å². The average molecular weight is 227 g/mol. The molecule has 0 aliphatic carbocycles. The van der Waals surface area contributed by atoms with Crippen LogP contribution in [-0.4, -0.2) is 41.8 Å². The molecule has 4 N–H and O–H groups in total. The highest BCUT2D eigenvalue weighted by atomic mass is 16.2. The number of hydrogen-bond donors (Lipinski definition) is 3. The number of nitrogens with two attached hydrogens (primary N) is 1. The van der Waals surface area contributed by atoms with E-state index in [-0.39, 0.29) is 18.4 Å². The predicted molar refractivity (Wildman–Crippen MR) is 59.2 cm³/mol. The van der Waals surface area contributed by atoms with Crippen LogP contribution in [0.1, 0.15) is 20.3 Å². The first-order valence-electron chi connectivity index (χ1n) is 5.25. The van der Waals surface area contributed by atoms with Crippen LogP contribution in [0.5, 0.6) is 0 Å². The molecule has 1 rings (SSSR count). The Hall–Kier alpha value is -1.63. The summed E-state index contributed by atoms with van der Waals surface area (Å²) in [4.78, 5) is 28.5. The lowest BCUT2D eigenvalue weighted by Crippen LogP contribution is -2.62. The minimum atomic E-state index is -0.404. The Labute approximate surface area is 94.0 Å².